The van der Waals surface area contributed by atoms with E-state index < -0.39 is 6.10 Å². The topological polar surface area (TPSA) is 56.8 Å². The summed E-state index contributed by atoms with van der Waals surface area (Å²) >= 11 is 11.9. The zero-order chi connectivity index (χ0) is 17.7. The van der Waals surface area contributed by atoms with Gasteiger partial charge in [0.15, 0.2) is 6.10 Å². The zero-order valence-corrected chi connectivity index (χ0v) is 14.9. The molecule has 0 spiro atoms. The lowest BCUT2D eigenvalue weighted by atomic mass is 10.2. The van der Waals surface area contributed by atoms with E-state index in [1.807, 2.05) is 0 Å². The second-order valence-corrected chi connectivity index (χ2v) is 5.77. The minimum Gasteiger partial charge on any atom is -0.497 e. The number of amides is 1. The molecule has 0 aliphatic rings. The fourth-order valence-corrected chi connectivity index (χ4v) is 2.39. The fourth-order valence-electron chi connectivity index (χ4n) is 1.94. The molecule has 0 heterocycles. The lowest BCUT2D eigenvalue weighted by Gasteiger charge is -2.16. The summed E-state index contributed by atoms with van der Waals surface area (Å²) in [5.41, 5.74) is 0.536. The lowest BCUT2D eigenvalue weighted by molar-refractivity contribution is -0.122. The Labute approximate surface area is 150 Å². The monoisotopic (exact) mass is 369 g/mol. The van der Waals surface area contributed by atoms with Gasteiger partial charge in [-0.15, -0.1) is 0 Å². The lowest BCUT2D eigenvalue weighted by Crippen LogP contribution is -2.30. The number of rotatable bonds is 6. The predicted molar refractivity (Wildman–Crippen MR) is 94.7 cm³/mol. The Morgan fingerprint density at radius 2 is 1.67 bits per heavy atom. The number of anilines is 1. The van der Waals surface area contributed by atoms with Crippen LogP contribution < -0.4 is 19.5 Å². The van der Waals surface area contributed by atoms with E-state index in [-0.39, 0.29) is 5.91 Å². The first-order valence-electron chi connectivity index (χ1n) is 7.08. The molecule has 2 aromatic carbocycles. The number of carbonyl (C=O) groups is 1. The summed E-state index contributed by atoms with van der Waals surface area (Å²) in [4.78, 5) is 12.3. The van der Waals surface area contributed by atoms with Crippen LogP contribution in [0.4, 0.5) is 5.69 Å². The van der Waals surface area contributed by atoms with Crippen molar-refractivity contribution in [3.8, 4) is 17.2 Å². The fraction of sp³-hybridized carbons (Fsp3) is 0.235. The molecule has 1 atom stereocenters. The first-order valence-corrected chi connectivity index (χ1v) is 7.84. The third kappa shape index (κ3) is 4.69. The van der Waals surface area contributed by atoms with Crippen molar-refractivity contribution < 1.29 is 19.0 Å². The molecule has 2 rings (SSSR count). The molecule has 0 bridgehead atoms. The van der Waals surface area contributed by atoms with Gasteiger partial charge in [0, 0.05) is 28.9 Å². The Balaban J connectivity index is 2.08. The van der Waals surface area contributed by atoms with Gasteiger partial charge in [-0.05, 0) is 25.1 Å². The van der Waals surface area contributed by atoms with E-state index >= 15 is 0 Å². The van der Waals surface area contributed by atoms with Gasteiger partial charge in [-0.3, -0.25) is 4.79 Å². The number of nitrogens with one attached hydrogen (secondary N) is 1. The summed E-state index contributed by atoms with van der Waals surface area (Å²) in [6.07, 6.45) is -0.763. The molecule has 2 aromatic rings. The predicted octanol–water partition coefficient (Wildman–Crippen LogP) is 4.42. The highest BCUT2D eigenvalue weighted by Gasteiger charge is 2.17. The SMILES string of the molecule is COc1cc(NC(=O)C(C)Oc2ccc(Cl)cc2Cl)cc(OC)c1. The smallest absolute Gasteiger partial charge is 0.265 e. The van der Waals surface area contributed by atoms with Crippen LogP contribution in [0.25, 0.3) is 0 Å². The van der Waals surface area contributed by atoms with E-state index in [1.165, 1.54) is 14.2 Å². The number of carbonyl (C=O) groups excluding carboxylic acids is 1. The van der Waals surface area contributed by atoms with Crippen LogP contribution in [0.2, 0.25) is 10.0 Å². The molecule has 0 saturated heterocycles. The largest absolute Gasteiger partial charge is 0.497 e. The van der Waals surface area contributed by atoms with E-state index in [0.29, 0.717) is 33.0 Å². The van der Waals surface area contributed by atoms with E-state index in [2.05, 4.69) is 5.32 Å². The molecule has 0 aromatic heterocycles. The summed E-state index contributed by atoms with van der Waals surface area (Å²) in [6.45, 7) is 1.62. The number of hydrogen-bond donors (Lipinski definition) is 1. The van der Waals surface area contributed by atoms with Crippen LogP contribution >= 0.6 is 23.2 Å². The van der Waals surface area contributed by atoms with Crippen LogP contribution in [-0.2, 0) is 4.79 Å². The number of ether oxygens (including phenoxy) is 3. The maximum Gasteiger partial charge on any atom is 0.265 e. The minimum absolute atomic E-state index is 0.337. The van der Waals surface area contributed by atoms with Gasteiger partial charge < -0.3 is 19.5 Å². The average molecular weight is 370 g/mol. The molecule has 1 amide bonds. The number of hydrogen-bond acceptors (Lipinski definition) is 4. The molecule has 1 unspecified atom stereocenters. The minimum atomic E-state index is -0.763. The zero-order valence-electron chi connectivity index (χ0n) is 13.4. The molecular weight excluding hydrogens is 353 g/mol. The van der Waals surface area contributed by atoms with E-state index in [9.17, 15) is 4.79 Å². The van der Waals surface area contributed by atoms with E-state index in [4.69, 9.17) is 37.4 Å². The molecule has 1 N–H and O–H groups in total. The van der Waals surface area contributed by atoms with Gasteiger partial charge in [0.05, 0.1) is 19.2 Å². The number of methoxy groups -OCH3 is 2. The molecule has 0 fully saturated rings. The highest BCUT2D eigenvalue weighted by molar-refractivity contribution is 6.35. The first kappa shape index (κ1) is 18.2. The van der Waals surface area contributed by atoms with Crippen molar-refractivity contribution in [2.24, 2.45) is 0 Å². The van der Waals surface area contributed by atoms with E-state index in [1.54, 1.807) is 43.3 Å². The number of halogens is 2. The third-order valence-electron chi connectivity index (χ3n) is 3.19. The van der Waals surface area contributed by atoms with Gasteiger partial charge in [-0.2, -0.15) is 0 Å². The molecule has 0 aliphatic heterocycles. The molecule has 0 radical (unpaired) electrons. The summed E-state index contributed by atoms with van der Waals surface area (Å²) in [6, 6.07) is 9.88. The maximum atomic E-state index is 12.3. The van der Waals surface area contributed by atoms with Crippen molar-refractivity contribution >= 4 is 34.8 Å². The highest BCUT2D eigenvalue weighted by atomic mass is 35.5. The number of benzene rings is 2. The van der Waals surface area contributed by atoms with Crippen molar-refractivity contribution in [3.63, 3.8) is 0 Å². The Bertz CT molecular complexity index is 714. The van der Waals surface area contributed by atoms with Crippen molar-refractivity contribution in [1.82, 2.24) is 0 Å². The van der Waals surface area contributed by atoms with Crippen LogP contribution in [0.5, 0.6) is 17.2 Å². The molecule has 0 aliphatic carbocycles. The quantitative estimate of drug-likeness (QED) is 0.818. The Hall–Kier alpha value is -2.11. The van der Waals surface area contributed by atoms with Crippen molar-refractivity contribution in [2.45, 2.75) is 13.0 Å². The van der Waals surface area contributed by atoms with Gasteiger partial charge in [0.2, 0.25) is 0 Å². The van der Waals surface area contributed by atoms with Crippen LogP contribution in [0.15, 0.2) is 36.4 Å². The summed E-state index contributed by atoms with van der Waals surface area (Å²) in [5, 5.41) is 3.58. The highest BCUT2D eigenvalue weighted by Crippen LogP contribution is 2.29. The van der Waals surface area contributed by atoms with Crippen LogP contribution in [0, 0.1) is 0 Å². The van der Waals surface area contributed by atoms with Crippen molar-refractivity contribution in [3.05, 3.63) is 46.4 Å². The molecule has 0 saturated carbocycles. The Morgan fingerprint density at radius 1 is 1.04 bits per heavy atom. The van der Waals surface area contributed by atoms with Crippen LogP contribution in [-0.4, -0.2) is 26.2 Å². The molecule has 7 heteroatoms. The van der Waals surface area contributed by atoms with Crippen molar-refractivity contribution in [1.29, 1.82) is 0 Å². The second-order valence-electron chi connectivity index (χ2n) is 4.93. The normalized spacial score (nSPS) is 11.5. The van der Waals surface area contributed by atoms with Gasteiger partial charge in [0.1, 0.15) is 17.2 Å². The van der Waals surface area contributed by atoms with Gasteiger partial charge >= 0.3 is 0 Å². The molecule has 5 nitrogen and oxygen atoms in total. The van der Waals surface area contributed by atoms with Crippen LogP contribution in [0.1, 0.15) is 6.92 Å². The summed E-state index contributed by atoms with van der Waals surface area (Å²) < 4.78 is 15.9. The maximum absolute atomic E-state index is 12.3. The second kappa shape index (κ2) is 8.13. The van der Waals surface area contributed by atoms with Gasteiger partial charge in [0.25, 0.3) is 5.91 Å². The summed E-state index contributed by atoms with van der Waals surface area (Å²) in [7, 11) is 3.07. The standard InChI is InChI=1S/C17H17Cl2NO4/c1-10(24-16-5-4-11(18)6-15(16)19)17(21)20-12-7-13(22-2)9-14(8-12)23-3/h4-10H,1-3H3,(H,20,21). The Morgan fingerprint density at radius 3 is 2.21 bits per heavy atom. The van der Waals surface area contributed by atoms with Crippen molar-refractivity contribution in [2.75, 3.05) is 19.5 Å². The van der Waals surface area contributed by atoms with Gasteiger partial charge in [-0.25, -0.2) is 0 Å². The summed E-state index contributed by atoms with van der Waals surface area (Å²) in [5.74, 6) is 1.18. The van der Waals surface area contributed by atoms with E-state index in [0.717, 1.165) is 0 Å². The molecule has 128 valence electrons. The third-order valence-corrected chi connectivity index (χ3v) is 3.72. The first-order chi connectivity index (χ1) is 11.4. The Kier molecular flexibility index (Phi) is 6.17. The average Bonchev–Trinajstić information content (AvgIpc) is 2.56. The molecule has 24 heavy (non-hydrogen) atoms. The molecular formula is C17H17Cl2NO4. The van der Waals surface area contributed by atoms with Gasteiger partial charge in [-0.1, -0.05) is 23.2 Å². The van der Waals surface area contributed by atoms with Crippen LogP contribution in [0.3, 0.4) is 0 Å².